The summed E-state index contributed by atoms with van der Waals surface area (Å²) in [5, 5.41) is 32.0. The van der Waals surface area contributed by atoms with E-state index in [0.29, 0.717) is 6.61 Å². The Morgan fingerprint density at radius 2 is 2.12 bits per heavy atom. The molecule has 1 rings (SSSR count). The molecule has 1 unspecified atom stereocenters. The molecule has 17 heavy (non-hydrogen) atoms. The fourth-order valence-corrected chi connectivity index (χ4v) is 1.88. The van der Waals surface area contributed by atoms with Gasteiger partial charge in [-0.2, -0.15) is 0 Å². The van der Waals surface area contributed by atoms with Crippen LogP contribution in [0, 0.1) is 0 Å². The molecule has 98 valence electrons. The van der Waals surface area contributed by atoms with Gasteiger partial charge in [0.25, 0.3) is 0 Å². The molecule has 4 N–H and O–H groups in total. The van der Waals surface area contributed by atoms with E-state index in [9.17, 15) is 5.11 Å². The summed E-state index contributed by atoms with van der Waals surface area (Å²) in [4.78, 5) is 1.12. The fraction of sp³-hybridized carbons (Fsp3) is 0.636. The Morgan fingerprint density at radius 3 is 2.71 bits per heavy atom. The van der Waals surface area contributed by atoms with Crippen molar-refractivity contribution in [3.8, 4) is 0 Å². The van der Waals surface area contributed by atoms with Crippen molar-refractivity contribution in [1.29, 1.82) is 0 Å². The van der Waals surface area contributed by atoms with Crippen LogP contribution in [0.3, 0.4) is 0 Å². The Bertz CT molecular complexity index is 277. The fourth-order valence-electron chi connectivity index (χ4n) is 1.24. The Kier molecular flexibility index (Phi) is 7.34. The van der Waals surface area contributed by atoms with E-state index in [-0.39, 0.29) is 32.4 Å². The lowest BCUT2D eigenvalue weighted by molar-refractivity contribution is 0.0260. The van der Waals surface area contributed by atoms with Gasteiger partial charge in [0.1, 0.15) is 0 Å². The van der Waals surface area contributed by atoms with Crippen molar-refractivity contribution in [2.24, 2.45) is 0 Å². The maximum absolute atomic E-state index is 9.57. The van der Waals surface area contributed by atoms with Gasteiger partial charge in [0.2, 0.25) is 0 Å². The lowest BCUT2D eigenvalue weighted by Gasteiger charge is -2.16. The molecule has 1 aromatic heterocycles. The topological polar surface area (TPSA) is 82.0 Å². The highest BCUT2D eigenvalue weighted by Gasteiger charge is 2.09. The van der Waals surface area contributed by atoms with Crippen LogP contribution in [0.5, 0.6) is 0 Å². The van der Waals surface area contributed by atoms with Crippen molar-refractivity contribution in [3.05, 3.63) is 22.4 Å². The lowest BCUT2D eigenvalue weighted by Crippen LogP contribution is -2.41. The molecular weight excluding hydrogens is 242 g/mol. The van der Waals surface area contributed by atoms with Crippen molar-refractivity contribution in [2.45, 2.75) is 18.8 Å². The summed E-state index contributed by atoms with van der Waals surface area (Å²) in [6.07, 6.45) is -0.643. The van der Waals surface area contributed by atoms with Crippen LogP contribution in [0.4, 0.5) is 0 Å². The van der Waals surface area contributed by atoms with E-state index >= 15 is 0 Å². The van der Waals surface area contributed by atoms with E-state index in [1.54, 1.807) is 11.3 Å². The standard InChI is InChI=1S/C11H19NO4S/c13-5-9(6-14)12-4-10(15)7-16-8-11-2-1-3-17-11/h1-3,9-10,12-15H,4-8H2. The van der Waals surface area contributed by atoms with Crippen molar-refractivity contribution in [2.75, 3.05) is 26.4 Å². The molecule has 0 saturated heterocycles. The SMILES string of the molecule is OCC(CO)NCC(O)COCc1cccs1. The quantitative estimate of drug-likeness (QED) is 0.485. The smallest absolute Gasteiger partial charge is 0.0897 e. The molecule has 0 saturated carbocycles. The van der Waals surface area contributed by atoms with Crippen LogP contribution < -0.4 is 5.32 Å². The van der Waals surface area contributed by atoms with Gasteiger partial charge in [0, 0.05) is 11.4 Å². The number of hydrogen-bond acceptors (Lipinski definition) is 6. The van der Waals surface area contributed by atoms with Gasteiger partial charge in [0.05, 0.1) is 38.6 Å². The summed E-state index contributed by atoms with van der Waals surface area (Å²) in [5.74, 6) is 0. The minimum atomic E-state index is -0.643. The number of rotatable bonds is 9. The normalized spacial score (nSPS) is 13.2. The Labute approximate surface area is 105 Å². The average molecular weight is 261 g/mol. The summed E-state index contributed by atoms with van der Waals surface area (Å²) in [7, 11) is 0. The summed E-state index contributed by atoms with van der Waals surface area (Å²) in [6, 6.07) is 3.54. The van der Waals surface area contributed by atoms with E-state index in [4.69, 9.17) is 14.9 Å². The van der Waals surface area contributed by atoms with Gasteiger partial charge in [-0.25, -0.2) is 0 Å². The van der Waals surface area contributed by atoms with Crippen LogP contribution in [0.2, 0.25) is 0 Å². The summed E-state index contributed by atoms with van der Waals surface area (Å²) < 4.78 is 5.33. The van der Waals surface area contributed by atoms with Gasteiger partial charge >= 0.3 is 0 Å². The third-order valence-corrected chi connectivity index (χ3v) is 3.07. The average Bonchev–Trinajstić information content (AvgIpc) is 2.83. The van der Waals surface area contributed by atoms with Gasteiger partial charge in [-0.3, -0.25) is 0 Å². The van der Waals surface area contributed by atoms with E-state index in [0.717, 1.165) is 4.88 Å². The molecule has 5 nitrogen and oxygen atoms in total. The molecule has 0 radical (unpaired) electrons. The molecule has 0 aromatic carbocycles. The zero-order chi connectivity index (χ0) is 12.5. The molecule has 0 aliphatic heterocycles. The largest absolute Gasteiger partial charge is 0.395 e. The molecule has 0 aliphatic rings. The van der Waals surface area contributed by atoms with Crippen molar-refractivity contribution in [3.63, 3.8) is 0 Å². The highest BCUT2D eigenvalue weighted by Crippen LogP contribution is 2.09. The van der Waals surface area contributed by atoms with E-state index < -0.39 is 6.10 Å². The first-order valence-electron chi connectivity index (χ1n) is 5.49. The van der Waals surface area contributed by atoms with Crippen LogP contribution in [0.25, 0.3) is 0 Å². The number of ether oxygens (including phenoxy) is 1. The van der Waals surface area contributed by atoms with E-state index in [1.165, 1.54) is 0 Å². The predicted octanol–water partition coefficient (Wildman–Crippen LogP) is -0.432. The van der Waals surface area contributed by atoms with Crippen LogP contribution in [-0.2, 0) is 11.3 Å². The number of aliphatic hydroxyl groups is 3. The molecular formula is C11H19NO4S. The molecule has 6 heteroatoms. The van der Waals surface area contributed by atoms with Crippen molar-refractivity contribution < 1.29 is 20.1 Å². The molecule has 1 aromatic rings. The number of hydrogen-bond donors (Lipinski definition) is 4. The summed E-state index contributed by atoms with van der Waals surface area (Å²) in [6.45, 7) is 0.710. The first-order valence-corrected chi connectivity index (χ1v) is 6.37. The zero-order valence-corrected chi connectivity index (χ0v) is 10.4. The minimum Gasteiger partial charge on any atom is -0.395 e. The van der Waals surface area contributed by atoms with Crippen molar-refractivity contribution in [1.82, 2.24) is 5.32 Å². The highest BCUT2D eigenvalue weighted by molar-refractivity contribution is 7.09. The van der Waals surface area contributed by atoms with E-state index in [2.05, 4.69) is 5.32 Å². The Hall–Kier alpha value is -0.500. The second kappa shape index (κ2) is 8.57. The third kappa shape index (κ3) is 6.11. The molecule has 0 fully saturated rings. The minimum absolute atomic E-state index is 0.153. The number of aliphatic hydroxyl groups excluding tert-OH is 3. The van der Waals surface area contributed by atoms with Crippen LogP contribution >= 0.6 is 11.3 Å². The van der Waals surface area contributed by atoms with Gasteiger partial charge in [-0.1, -0.05) is 6.07 Å². The molecule has 1 atom stereocenters. The molecule has 0 amide bonds. The number of thiophene rings is 1. The van der Waals surface area contributed by atoms with E-state index in [1.807, 2.05) is 17.5 Å². The highest BCUT2D eigenvalue weighted by atomic mass is 32.1. The lowest BCUT2D eigenvalue weighted by atomic mass is 10.3. The Morgan fingerprint density at radius 1 is 1.35 bits per heavy atom. The maximum Gasteiger partial charge on any atom is 0.0897 e. The summed E-state index contributed by atoms with van der Waals surface area (Å²) in [5.41, 5.74) is 0. The second-order valence-corrected chi connectivity index (χ2v) is 4.75. The van der Waals surface area contributed by atoms with Gasteiger partial charge < -0.3 is 25.4 Å². The van der Waals surface area contributed by atoms with Gasteiger partial charge in [0.15, 0.2) is 0 Å². The third-order valence-electron chi connectivity index (χ3n) is 2.22. The number of nitrogens with one attached hydrogen (secondary N) is 1. The predicted molar refractivity (Wildman–Crippen MR) is 65.9 cm³/mol. The molecule has 0 aliphatic carbocycles. The zero-order valence-electron chi connectivity index (χ0n) is 9.58. The van der Waals surface area contributed by atoms with Gasteiger partial charge in [-0.15, -0.1) is 11.3 Å². The Balaban J connectivity index is 2.06. The summed E-state index contributed by atoms with van der Waals surface area (Å²) >= 11 is 1.61. The second-order valence-electron chi connectivity index (χ2n) is 3.72. The maximum atomic E-state index is 9.57. The first-order chi connectivity index (χ1) is 8.26. The molecule has 1 heterocycles. The molecule has 0 spiro atoms. The van der Waals surface area contributed by atoms with Crippen LogP contribution in [-0.4, -0.2) is 53.8 Å². The first kappa shape index (κ1) is 14.6. The molecule has 0 bridgehead atoms. The van der Waals surface area contributed by atoms with Crippen molar-refractivity contribution >= 4 is 11.3 Å². The van der Waals surface area contributed by atoms with Crippen LogP contribution in [0.1, 0.15) is 4.88 Å². The monoisotopic (exact) mass is 261 g/mol. The van der Waals surface area contributed by atoms with Crippen LogP contribution in [0.15, 0.2) is 17.5 Å². The van der Waals surface area contributed by atoms with Gasteiger partial charge in [-0.05, 0) is 11.4 Å².